The van der Waals surface area contributed by atoms with Crippen LogP contribution >= 0.6 is 0 Å². The van der Waals surface area contributed by atoms with Crippen LogP contribution in [0.2, 0.25) is 0 Å². The van der Waals surface area contributed by atoms with E-state index in [2.05, 4.69) is 0 Å². The van der Waals surface area contributed by atoms with Gasteiger partial charge in [-0.2, -0.15) is 0 Å². The molecule has 0 unspecified atom stereocenters. The molecule has 0 saturated carbocycles. The first-order chi connectivity index (χ1) is 12.0. The van der Waals surface area contributed by atoms with Crippen molar-refractivity contribution in [1.29, 1.82) is 0 Å². The molecule has 5 nitrogen and oxygen atoms in total. The van der Waals surface area contributed by atoms with Crippen LogP contribution in [0.15, 0.2) is 36.4 Å². The van der Waals surface area contributed by atoms with Crippen LogP contribution in [0.3, 0.4) is 0 Å². The van der Waals surface area contributed by atoms with Gasteiger partial charge in [0.2, 0.25) is 0 Å². The lowest BCUT2D eigenvalue weighted by Crippen LogP contribution is -2.40. The number of fused-ring (bicyclic) bond motifs is 1. The minimum absolute atomic E-state index is 0.307. The first-order valence-corrected chi connectivity index (χ1v) is 7.61. The zero-order chi connectivity index (χ0) is 18.0. The van der Waals surface area contributed by atoms with Gasteiger partial charge in [0.1, 0.15) is 24.0 Å². The Labute approximate surface area is 142 Å². The third-order valence-electron chi connectivity index (χ3n) is 3.75. The molecule has 2 aromatic carbocycles. The van der Waals surface area contributed by atoms with Crippen molar-refractivity contribution in [3.05, 3.63) is 59.2 Å². The van der Waals surface area contributed by atoms with Gasteiger partial charge >= 0.3 is 5.97 Å². The maximum absolute atomic E-state index is 13.6. The summed E-state index contributed by atoms with van der Waals surface area (Å²) in [6.07, 6.45) is 0. The van der Waals surface area contributed by atoms with Crippen LogP contribution in [0.4, 0.5) is 14.5 Å². The van der Waals surface area contributed by atoms with Gasteiger partial charge in [-0.05, 0) is 42.8 Å². The highest BCUT2D eigenvalue weighted by Crippen LogP contribution is 2.32. The van der Waals surface area contributed by atoms with Gasteiger partial charge in [0.05, 0.1) is 17.8 Å². The molecule has 0 N–H and O–H groups in total. The van der Waals surface area contributed by atoms with Gasteiger partial charge in [0.25, 0.3) is 5.91 Å². The van der Waals surface area contributed by atoms with Gasteiger partial charge in [-0.3, -0.25) is 4.79 Å². The van der Waals surface area contributed by atoms with Crippen molar-refractivity contribution in [2.24, 2.45) is 0 Å². The van der Waals surface area contributed by atoms with Crippen molar-refractivity contribution < 1.29 is 27.8 Å². The number of halogens is 2. The highest BCUT2D eigenvalue weighted by molar-refractivity contribution is 5.98. The fraction of sp³-hybridized carbons (Fsp3) is 0.222. The third kappa shape index (κ3) is 3.60. The number of esters is 1. The summed E-state index contributed by atoms with van der Waals surface area (Å²) in [4.78, 5) is 25.7. The quantitative estimate of drug-likeness (QED) is 0.801. The van der Waals surface area contributed by atoms with E-state index in [9.17, 15) is 18.4 Å². The molecule has 0 aliphatic carbocycles. The summed E-state index contributed by atoms with van der Waals surface area (Å²) in [5.41, 5.74) is 0.983. The summed E-state index contributed by atoms with van der Waals surface area (Å²) >= 11 is 0. The molecule has 0 spiro atoms. The second-order valence-corrected chi connectivity index (χ2v) is 5.57. The van der Waals surface area contributed by atoms with E-state index in [1.807, 2.05) is 13.0 Å². The maximum atomic E-state index is 13.6. The first-order valence-electron chi connectivity index (χ1n) is 7.61. The number of rotatable bonds is 3. The lowest BCUT2D eigenvalue weighted by atomic mass is 10.1. The topological polar surface area (TPSA) is 55.8 Å². The van der Waals surface area contributed by atoms with Crippen LogP contribution in [0.5, 0.6) is 5.75 Å². The molecule has 0 bridgehead atoms. The second-order valence-electron chi connectivity index (χ2n) is 5.57. The fourth-order valence-electron chi connectivity index (χ4n) is 2.52. The average Bonchev–Trinajstić information content (AvgIpc) is 2.60. The van der Waals surface area contributed by atoms with Gasteiger partial charge in [-0.1, -0.05) is 6.07 Å². The Morgan fingerprint density at radius 1 is 1.20 bits per heavy atom. The van der Waals surface area contributed by atoms with Crippen molar-refractivity contribution >= 4 is 17.6 Å². The minimum atomic E-state index is -1.09. The Kier molecular flexibility index (Phi) is 4.65. The summed E-state index contributed by atoms with van der Waals surface area (Å²) in [6.45, 7) is 1.92. The monoisotopic (exact) mass is 347 g/mol. The van der Waals surface area contributed by atoms with Crippen LogP contribution in [-0.2, 0) is 9.53 Å². The number of hydrogen-bond acceptors (Lipinski definition) is 4. The summed E-state index contributed by atoms with van der Waals surface area (Å²) in [5, 5.41) is 0. The van der Waals surface area contributed by atoms with E-state index < -0.39 is 35.7 Å². The molecule has 7 heteroatoms. The Morgan fingerprint density at radius 3 is 2.80 bits per heavy atom. The molecule has 0 fully saturated rings. The summed E-state index contributed by atoms with van der Waals surface area (Å²) in [7, 11) is 0. The average molecular weight is 347 g/mol. The summed E-state index contributed by atoms with van der Waals surface area (Å²) in [6, 6.07) is 7.87. The predicted molar refractivity (Wildman–Crippen MR) is 85.7 cm³/mol. The largest absolute Gasteiger partial charge is 0.490 e. The van der Waals surface area contributed by atoms with Crippen molar-refractivity contribution in [1.82, 2.24) is 0 Å². The van der Waals surface area contributed by atoms with Gasteiger partial charge in [0, 0.05) is 0 Å². The Bertz CT molecular complexity index is 838. The van der Waals surface area contributed by atoms with E-state index in [0.29, 0.717) is 24.6 Å². The zero-order valence-corrected chi connectivity index (χ0v) is 13.4. The van der Waals surface area contributed by atoms with E-state index in [1.165, 1.54) is 4.90 Å². The number of carbonyl (C=O) groups excluding carboxylic acids is 2. The minimum Gasteiger partial charge on any atom is -0.490 e. The van der Waals surface area contributed by atoms with Gasteiger partial charge in [0.15, 0.2) is 6.61 Å². The molecule has 1 heterocycles. The van der Waals surface area contributed by atoms with E-state index in [1.54, 1.807) is 12.1 Å². The lowest BCUT2D eigenvalue weighted by Gasteiger charge is -2.29. The molecular formula is C18H15F2NO4. The van der Waals surface area contributed by atoms with Crippen molar-refractivity contribution in [3.63, 3.8) is 0 Å². The maximum Gasteiger partial charge on any atom is 0.341 e. The second kappa shape index (κ2) is 6.88. The van der Waals surface area contributed by atoms with E-state index in [-0.39, 0.29) is 0 Å². The van der Waals surface area contributed by atoms with Gasteiger partial charge < -0.3 is 14.4 Å². The third-order valence-corrected chi connectivity index (χ3v) is 3.75. The number of carbonyl (C=O) groups is 2. The number of ether oxygens (including phenoxy) is 2. The molecule has 2 aromatic rings. The van der Waals surface area contributed by atoms with E-state index in [4.69, 9.17) is 9.47 Å². The zero-order valence-electron chi connectivity index (χ0n) is 13.4. The predicted octanol–water partition coefficient (Wildman–Crippen LogP) is 2.86. The Hall–Kier alpha value is -2.96. The van der Waals surface area contributed by atoms with Gasteiger partial charge in [-0.25, -0.2) is 13.6 Å². The molecular weight excluding hydrogens is 332 g/mol. The fourth-order valence-corrected chi connectivity index (χ4v) is 2.52. The first kappa shape index (κ1) is 16.9. The number of nitrogens with zero attached hydrogens (tertiary/aromatic N) is 1. The SMILES string of the molecule is Cc1ccc2c(c1)N(C(=O)COC(=O)c1cc(F)ccc1F)CCO2. The van der Waals surface area contributed by atoms with Crippen LogP contribution < -0.4 is 9.64 Å². The van der Waals surface area contributed by atoms with Crippen molar-refractivity contribution in [3.8, 4) is 5.75 Å². The Morgan fingerprint density at radius 2 is 2.00 bits per heavy atom. The number of hydrogen-bond donors (Lipinski definition) is 0. The molecule has 1 aliphatic heterocycles. The lowest BCUT2D eigenvalue weighted by molar-refractivity contribution is -0.121. The van der Waals surface area contributed by atoms with Crippen LogP contribution in [-0.4, -0.2) is 31.6 Å². The van der Waals surface area contributed by atoms with Crippen molar-refractivity contribution in [2.45, 2.75) is 6.92 Å². The molecule has 130 valence electrons. The molecule has 1 amide bonds. The molecule has 0 atom stereocenters. The molecule has 25 heavy (non-hydrogen) atoms. The number of amides is 1. The smallest absolute Gasteiger partial charge is 0.341 e. The van der Waals surface area contributed by atoms with Crippen LogP contribution in [0.1, 0.15) is 15.9 Å². The van der Waals surface area contributed by atoms with Crippen LogP contribution in [0, 0.1) is 18.6 Å². The number of aryl methyl sites for hydroxylation is 1. The normalized spacial score (nSPS) is 13.0. The molecule has 0 aromatic heterocycles. The van der Waals surface area contributed by atoms with E-state index >= 15 is 0 Å². The van der Waals surface area contributed by atoms with E-state index in [0.717, 1.165) is 23.8 Å². The highest BCUT2D eigenvalue weighted by atomic mass is 19.1. The van der Waals surface area contributed by atoms with Gasteiger partial charge in [-0.15, -0.1) is 0 Å². The van der Waals surface area contributed by atoms with Crippen molar-refractivity contribution in [2.75, 3.05) is 24.7 Å². The Balaban J connectivity index is 1.71. The molecule has 1 aliphatic rings. The number of anilines is 1. The molecule has 3 rings (SSSR count). The molecule has 0 saturated heterocycles. The van der Waals surface area contributed by atoms with Crippen LogP contribution in [0.25, 0.3) is 0 Å². The summed E-state index contributed by atoms with van der Waals surface area (Å²) < 4.78 is 37.0. The number of benzene rings is 2. The molecule has 0 radical (unpaired) electrons. The standard InChI is InChI=1S/C18H15F2NO4/c1-11-2-5-16-15(8-11)21(6-7-24-16)17(22)10-25-18(23)13-9-12(19)3-4-14(13)20/h2-5,8-9H,6-7,10H2,1H3. The summed E-state index contributed by atoms with van der Waals surface area (Å²) in [5.74, 6) is -2.68. The highest BCUT2D eigenvalue weighted by Gasteiger charge is 2.25.